The first-order valence-electron chi connectivity index (χ1n) is 7.45. The molecule has 0 amide bonds. The standard InChI is InChI=1S/C16H25FN2S/c1-4-14(18)9-13-5-6-16(15(17)10-13)19-7-8-20-12(3)11(19)2/h5-6,10-12,14H,4,7-9,18H2,1-3H3. The van der Waals surface area contributed by atoms with Crippen molar-refractivity contribution in [1.29, 1.82) is 0 Å². The number of thioether (sulfide) groups is 1. The second-order valence-electron chi connectivity index (χ2n) is 5.67. The van der Waals surface area contributed by atoms with Gasteiger partial charge in [-0.2, -0.15) is 11.8 Å². The van der Waals surface area contributed by atoms with E-state index < -0.39 is 0 Å². The normalized spacial score (nSPS) is 24.8. The summed E-state index contributed by atoms with van der Waals surface area (Å²) in [5, 5.41) is 0.538. The maximum atomic E-state index is 14.4. The van der Waals surface area contributed by atoms with Crippen LogP contribution in [-0.2, 0) is 6.42 Å². The van der Waals surface area contributed by atoms with E-state index in [4.69, 9.17) is 5.73 Å². The first-order valence-corrected chi connectivity index (χ1v) is 8.50. The molecule has 1 aromatic carbocycles. The first-order chi connectivity index (χ1) is 9.52. The zero-order valence-corrected chi connectivity index (χ0v) is 13.4. The molecule has 2 nitrogen and oxygen atoms in total. The first kappa shape index (κ1) is 15.6. The van der Waals surface area contributed by atoms with E-state index in [1.165, 1.54) is 0 Å². The average Bonchev–Trinajstić information content (AvgIpc) is 2.42. The molecule has 1 heterocycles. The summed E-state index contributed by atoms with van der Waals surface area (Å²) in [7, 11) is 0. The number of halogens is 1. The minimum Gasteiger partial charge on any atom is -0.365 e. The van der Waals surface area contributed by atoms with Gasteiger partial charge in [-0.05, 0) is 37.5 Å². The van der Waals surface area contributed by atoms with Crippen molar-refractivity contribution in [3.05, 3.63) is 29.6 Å². The third-order valence-corrected chi connectivity index (χ3v) is 5.57. The molecule has 1 aliphatic rings. The van der Waals surface area contributed by atoms with E-state index in [-0.39, 0.29) is 11.9 Å². The number of nitrogens with zero attached hydrogens (tertiary/aromatic N) is 1. The number of rotatable bonds is 4. The van der Waals surface area contributed by atoms with Crippen LogP contribution in [0.3, 0.4) is 0 Å². The lowest BCUT2D eigenvalue weighted by Gasteiger charge is -2.39. The van der Waals surface area contributed by atoms with E-state index >= 15 is 0 Å². The van der Waals surface area contributed by atoms with Crippen molar-refractivity contribution in [1.82, 2.24) is 0 Å². The Morgan fingerprint density at radius 1 is 1.45 bits per heavy atom. The highest BCUT2D eigenvalue weighted by atomic mass is 32.2. The van der Waals surface area contributed by atoms with Crippen LogP contribution < -0.4 is 10.6 Å². The fourth-order valence-electron chi connectivity index (χ4n) is 2.63. The molecule has 4 heteroatoms. The van der Waals surface area contributed by atoms with Crippen LogP contribution in [0.1, 0.15) is 32.8 Å². The molecule has 112 valence electrons. The van der Waals surface area contributed by atoms with Crippen molar-refractivity contribution < 1.29 is 4.39 Å². The molecule has 1 fully saturated rings. The van der Waals surface area contributed by atoms with Crippen LogP contribution in [0.5, 0.6) is 0 Å². The lowest BCUT2D eigenvalue weighted by Crippen LogP contribution is -2.45. The summed E-state index contributed by atoms with van der Waals surface area (Å²) in [5.41, 5.74) is 7.67. The maximum absolute atomic E-state index is 14.4. The third-order valence-electron chi connectivity index (χ3n) is 4.23. The average molecular weight is 296 g/mol. The van der Waals surface area contributed by atoms with Gasteiger partial charge in [-0.25, -0.2) is 4.39 Å². The summed E-state index contributed by atoms with van der Waals surface area (Å²) in [6.07, 6.45) is 1.66. The summed E-state index contributed by atoms with van der Waals surface area (Å²) in [6, 6.07) is 6.08. The van der Waals surface area contributed by atoms with Crippen LogP contribution in [0.25, 0.3) is 0 Å². The Bertz CT molecular complexity index is 452. The molecule has 0 aliphatic carbocycles. The smallest absolute Gasteiger partial charge is 0.146 e. The molecule has 0 spiro atoms. The molecule has 20 heavy (non-hydrogen) atoms. The van der Waals surface area contributed by atoms with E-state index in [2.05, 4.69) is 25.7 Å². The Morgan fingerprint density at radius 3 is 2.85 bits per heavy atom. The number of nitrogens with two attached hydrogens (primary N) is 1. The molecule has 1 saturated heterocycles. The van der Waals surface area contributed by atoms with Gasteiger partial charge in [-0.1, -0.05) is 19.9 Å². The highest BCUT2D eigenvalue weighted by Gasteiger charge is 2.27. The van der Waals surface area contributed by atoms with Crippen molar-refractivity contribution >= 4 is 17.4 Å². The minimum atomic E-state index is -0.114. The second kappa shape index (κ2) is 6.81. The van der Waals surface area contributed by atoms with Gasteiger partial charge in [0, 0.05) is 29.6 Å². The van der Waals surface area contributed by atoms with Gasteiger partial charge in [0.2, 0.25) is 0 Å². The molecule has 1 aromatic rings. The van der Waals surface area contributed by atoms with E-state index in [0.29, 0.717) is 11.3 Å². The number of benzene rings is 1. The van der Waals surface area contributed by atoms with E-state index in [9.17, 15) is 4.39 Å². The molecular weight excluding hydrogens is 271 g/mol. The second-order valence-corrected chi connectivity index (χ2v) is 7.15. The quantitative estimate of drug-likeness (QED) is 0.923. The van der Waals surface area contributed by atoms with Crippen LogP contribution in [0.15, 0.2) is 18.2 Å². The summed E-state index contributed by atoms with van der Waals surface area (Å²) in [6.45, 7) is 7.37. The molecule has 1 aliphatic heterocycles. The Labute approximate surface area is 125 Å². The predicted molar refractivity (Wildman–Crippen MR) is 87.1 cm³/mol. The number of hydrogen-bond acceptors (Lipinski definition) is 3. The molecule has 0 aromatic heterocycles. The van der Waals surface area contributed by atoms with Gasteiger partial charge in [0.15, 0.2) is 0 Å². The van der Waals surface area contributed by atoms with Gasteiger partial charge in [-0.3, -0.25) is 0 Å². The fourth-order valence-corrected chi connectivity index (χ4v) is 3.73. The van der Waals surface area contributed by atoms with Crippen LogP contribution in [0.4, 0.5) is 10.1 Å². The van der Waals surface area contributed by atoms with E-state index in [0.717, 1.165) is 36.4 Å². The Balaban J connectivity index is 2.16. The van der Waals surface area contributed by atoms with Gasteiger partial charge in [0.25, 0.3) is 0 Å². The van der Waals surface area contributed by atoms with Gasteiger partial charge in [-0.15, -0.1) is 0 Å². The molecule has 3 unspecified atom stereocenters. The maximum Gasteiger partial charge on any atom is 0.146 e. The number of hydrogen-bond donors (Lipinski definition) is 1. The van der Waals surface area contributed by atoms with Crippen LogP contribution >= 0.6 is 11.8 Å². The molecule has 2 rings (SSSR count). The van der Waals surface area contributed by atoms with E-state index in [1.807, 2.05) is 23.9 Å². The molecule has 0 radical (unpaired) electrons. The number of anilines is 1. The van der Waals surface area contributed by atoms with Crippen molar-refractivity contribution in [3.8, 4) is 0 Å². The summed E-state index contributed by atoms with van der Waals surface area (Å²) in [4.78, 5) is 2.19. The van der Waals surface area contributed by atoms with E-state index in [1.54, 1.807) is 6.07 Å². The van der Waals surface area contributed by atoms with Crippen molar-refractivity contribution in [3.63, 3.8) is 0 Å². The molecular formula is C16H25FN2S. The minimum absolute atomic E-state index is 0.114. The summed E-state index contributed by atoms with van der Waals surface area (Å²) >= 11 is 1.96. The third kappa shape index (κ3) is 3.47. The summed E-state index contributed by atoms with van der Waals surface area (Å²) in [5.74, 6) is 0.949. The topological polar surface area (TPSA) is 29.3 Å². The lowest BCUT2D eigenvalue weighted by atomic mass is 10.0. The zero-order chi connectivity index (χ0) is 14.7. The van der Waals surface area contributed by atoms with Crippen molar-refractivity contribution in [2.75, 3.05) is 17.2 Å². The van der Waals surface area contributed by atoms with Gasteiger partial charge in [0.05, 0.1) is 5.69 Å². The predicted octanol–water partition coefficient (Wildman–Crippen LogP) is 3.44. The largest absolute Gasteiger partial charge is 0.365 e. The Morgan fingerprint density at radius 2 is 2.20 bits per heavy atom. The van der Waals surface area contributed by atoms with Gasteiger partial charge < -0.3 is 10.6 Å². The molecule has 2 N–H and O–H groups in total. The lowest BCUT2D eigenvalue weighted by molar-refractivity contribution is 0.578. The van der Waals surface area contributed by atoms with Crippen LogP contribution in [0.2, 0.25) is 0 Å². The van der Waals surface area contributed by atoms with Gasteiger partial charge >= 0.3 is 0 Å². The SMILES string of the molecule is CCC(N)Cc1ccc(N2CCSC(C)C2C)c(F)c1. The highest BCUT2D eigenvalue weighted by molar-refractivity contribution is 8.00. The highest BCUT2D eigenvalue weighted by Crippen LogP contribution is 2.31. The van der Waals surface area contributed by atoms with Crippen LogP contribution in [0, 0.1) is 5.82 Å². The monoisotopic (exact) mass is 296 g/mol. The van der Waals surface area contributed by atoms with Crippen molar-refractivity contribution in [2.45, 2.75) is 50.9 Å². The Kier molecular flexibility index (Phi) is 5.33. The fraction of sp³-hybridized carbons (Fsp3) is 0.625. The Hall–Kier alpha value is -0.740. The van der Waals surface area contributed by atoms with Crippen LogP contribution in [-0.4, -0.2) is 29.6 Å². The van der Waals surface area contributed by atoms with Gasteiger partial charge in [0.1, 0.15) is 5.82 Å². The molecule has 0 bridgehead atoms. The van der Waals surface area contributed by atoms with Crippen molar-refractivity contribution in [2.24, 2.45) is 5.73 Å². The molecule has 3 atom stereocenters. The molecule has 0 saturated carbocycles. The zero-order valence-electron chi connectivity index (χ0n) is 12.6. The summed E-state index contributed by atoms with van der Waals surface area (Å²) < 4.78 is 14.4.